The lowest BCUT2D eigenvalue weighted by atomic mass is 9.65. The third kappa shape index (κ3) is 1.55. The van der Waals surface area contributed by atoms with Gasteiger partial charge in [0, 0.05) is 16.9 Å². The Morgan fingerprint density at radius 1 is 1.13 bits per heavy atom. The maximum Gasteiger partial charge on any atom is 0.164 e. The molecule has 0 amide bonds. The van der Waals surface area contributed by atoms with Crippen LogP contribution in [0.3, 0.4) is 0 Å². The van der Waals surface area contributed by atoms with Crippen molar-refractivity contribution in [3.63, 3.8) is 0 Å². The number of hydrogen-bond donors (Lipinski definition) is 0. The Kier molecular flexibility index (Phi) is 2.20. The van der Waals surface area contributed by atoms with Crippen LogP contribution in [0, 0.1) is 5.41 Å². The van der Waals surface area contributed by atoms with Crippen LogP contribution in [0.2, 0.25) is 0 Å². The van der Waals surface area contributed by atoms with Crippen molar-refractivity contribution in [2.75, 3.05) is 0 Å². The van der Waals surface area contributed by atoms with E-state index in [0.29, 0.717) is 11.2 Å². The average molecular weight is 220 g/mol. The van der Waals surface area contributed by atoms with Gasteiger partial charge in [0.25, 0.3) is 0 Å². The Bertz CT molecular complexity index is 385. The standard InChI is InChI=1S/C13H16OS/c14-11-8-13(5-2-1-3-6-13)9-12-10(11)4-7-15-12/h4,7H,1-3,5-6,8-9H2. The predicted octanol–water partition coefficient (Wildman–Crippen LogP) is 3.83. The predicted molar refractivity (Wildman–Crippen MR) is 62.5 cm³/mol. The van der Waals surface area contributed by atoms with Crippen LogP contribution in [0.15, 0.2) is 11.4 Å². The summed E-state index contributed by atoms with van der Waals surface area (Å²) in [5.74, 6) is 0.402. The number of fused-ring (bicyclic) bond motifs is 1. The van der Waals surface area contributed by atoms with Gasteiger partial charge in [0.1, 0.15) is 0 Å². The van der Waals surface area contributed by atoms with E-state index in [0.717, 1.165) is 12.0 Å². The fourth-order valence-corrected chi connectivity index (χ4v) is 4.29. The first-order chi connectivity index (χ1) is 7.29. The van der Waals surface area contributed by atoms with Crippen LogP contribution >= 0.6 is 11.3 Å². The van der Waals surface area contributed by atoms with Gasteiger partial charge in [-0.3, -0.25) is 4.79 Å². The van der Waals surface area contributed by atoms with Crippen LogP contribution in [0.25, 0.3) is 0 Å². The van der Waals surface area contributed by atoms with Crippen molar-refractivity contribution in [1.29, 1.82) is 0 Å². The number of rotatable bonds is 0. The van der Waals surface area contributed by atoms with Crippen LogP contribution in [0.4, 0.5) is 0 Å². The van der Waals surface area contributed by atoms with E-state index in [4.69, 9.17) is 0 Å². The Morgan fingerprint density at radius 2 is 1.93 bits per heavy atom. The van der Waals surface area contributed by atoms with Gasteiger partial charge in [-0.1, -0.05) is 19.3 Å². The normalized spacial score (nSPS) is 24.1. The Morgan fingerprint density at radius 3 is 2.73 bits per heavy atom. The van der Waals surface area contributed by atoms with Gasteiger partial charge < -0.3 is 0 Å². The topological polar surface area (TPSA) is 17.1 Å². The third-order valence-electron chi connectivity index (χ3n) is 4.03. The molecule has 0 bridgehead atoms. The minimum Gasteiger partial charge on any atom is -0.294 e. The number of Topliss-reactive ketones (excluding diaryl/α,β-unsaturated/α-hetero) is 1. The van der Waals surface area contributed by atoms with E-state index in [-0.39, 0.29) is 0 Å². The summed E-state index contributed by atoms with van der Waals surface area (Å²) in [5, 5.41) is 2.07. The summed E-state index contributed by atoms with van der Waals surface area (Å²) in [6, 6.07) is 2.01. The Hall–Kier alpha value is -0.630. The van der Waals surface area contributed by atoms with Crippen LogP contribution in [0.1, 0.15) is 53.8 Å². The number of carbonyl (C=O) groups excluding carboxylic acids is 1. The molecule has 1 saturated carbocycles. The lowest BCUT2D eigenvalue weighted by Gasteiger charge is -2.39. The van der Waals surface area contributed by atoms with Crippen molar-refractivity contribution in [2.24, 2.45) is 5.41 Å². The molecule has 1 spiro atoms. The van der Waals surface area contributed by atoms with Gasteiger partial charge in [-0.05, 0) is 36.1 Å². The van der Waals surface area contributed by atoms with E-state index in [2.05, 4.69) is 5.38 Å². The van der Waals surface area contributed by atoms with Crippen molar-refractivity contribution < 1.29 is 4.79 Å². The average Bonchev–Trinajstić information content (AvgIpc) is 2.67. The fraction of sp³-hybridized carbons (Fsp3) is 0.615. The van der Waals surface area contributed by atoms with Crippen LogP contribution in [-0.2, 0) is 6.42 Å². The van der Waals surface area contributed by atoms with Crippen molar-refractivity contribution in [2.45, 2.75) is 44.9 Å². The molecule has 1 heterocycles. The van der Waals surface area contributed by atoms with Crippen LogP contribution in [0.5, 0.6) is 0 Å². The monoisotopic (exact) mass is 220 g/mol. The molecule has 1 nitrogen and oxygen atoms in total. The van der Waals surface area contributed by atoms with Gasteiger partial charge in [-0.15, -0.1) is 11.3 Å². The molecule has 15 heavy (non-hydrogen) atoms. The van der Waals surface area contributed by atoms with E-state index in [1.54, 1.807) is 11.3 Å². The molecule has 0 aromatic carbocycles. The highest BCUT2D eigenvalue weighted by atomic mass is 32.1. The Balaban J connectivity index is 1.94. The maximum absolute atomic E-state index is 12.0. The van der Waals surface area contributed by atoms with Gasteiger partial charge in [0.15, 0.2) is 5.78 Å². The molecule has 1 fully saturated rings. The zero-order valence-corrected chi connectivity index (χ0v) is 9.74. The van der Waals surface area contributed by atoms with E-state index in [9.17, 15) is 4.79 Å². The summed E-state index contributed by atoms with van der Waals surface area (Å²) >= 11 is 1.78. The minimum absolute atomic E-state index is 0.354. The first-order valence-electron chi connectivity index (χ1n) is 5.89. The highest BCUT2D eigenvalue weighted by Gasteiger charge is 2.39. The molecule has 80 valence electrons. The number of hydrogen-bond acceptors (Lipinski definition) is 2. The van der Waals surface area contributed by atoms with Crippen molar-refractivity contribution in [1.82, 2.24) is 0 Å². The Labute approximate surface area is 94.5 Å². The van der Waals surface area contributed by atoms with Gasteiger partial charge in [0.05, 0.1) is 0 Å². The quantitative estimate of drug-likeness (QED) is 0.649. The molecule has 3 rings (SSSR count). The zero-order chi connectivity index (χ0) is 10.3. The first kappa shape index (κ1) is 9.59. The molecule has 1 aromatic heterocycles. The molecule has 0 atom stereocenters. The van der Waals surface area contributed by atoms with E-state index in [1.165, 1.54) is 43.4 Å². The zero-order valence-electron chi connectivity index (χ0n) is 8.92. The largest absolute Gasteiger partial charge is 0.294 e. The van der Waals surface area contributed by atoms with E-state index in [1.807, 2.05) is 6.07 Å². The van der Waals surface area contributed by atoms with Gasteiger partial charge in [-0.25, -0.2) is 0 Å². The van der Waals surface area contributed by atoms with Crippen molar-refractivity contribution >= 4 is 17.1 Å². The summed E-state index contributed by atoms with van der Waals surface area (Å²) in [6.07, 6.45) is 8.56. The van der Waals surface area contributed by atoms with Crippen LogP contribution in [-0.4, -0.2) is 5.78 Å². The molecule has 0 unspecified atom stereocenters. The summed E-state index contributed by atoms with van der Waals surface area (Å²) in [4.78, 5) is 13.4. The van der Waals surface area contributed by atoms with Crippen molar-refractivity contribution in [3.8, 4) is 0 Å². The third-order valence-corrected chi connectivity index (χ3v) is 4.95. The molecule has 0 saturated heterocycles. The maximum atomic E-state index is 12.0. The number of thiophene rings is 1. The minimum atomic E-state index is 0.354. The number of ketones is 1. The van der Waals surface area contributed by atoms with Gasteiger partial charge in [0.2, 0.25) is 0 Å². The van der Waals surface area contributed by atoms with Crippen molar-refractivity contribution in [3.05, 3.63) is 21.9 Å². The highest BCUT2D eigenvalue weighted by Crippen LogP contribution is 2.47. The molecule has 2 aliphatic rings. The van der Waals surface area contributed by atoms with E-state index < -0.39 is 0 Å². The molecular formula is C13H16OS. The molecule has 0 N–H and O–H groups in total. The molecule has 2 aliphatic carbocycles. The molecule has 0 aliphatic heterocycles. The first-order valence-corrected chi connectivity index (χ1v) is 6.77. The van der Waals surface area contributed by atoms with Gasteiger partial charge >= 0.3 is 0 Å². The summed E-state index contributed by atoms with van der Waals surface area (Å²) in [7, 11) is 0. The summed E-state index contributed by atoms with van der Waals surface area (Å²) < 4.78 is 0. The number of carbonyl (C=O) groups is 1. The second kappa shape index (κ2) is 3.44. The smallest absolute Gasteiger partial charge is 0.164 e. The highest BCUT2D eigenvalue weighted by molar-refractivity contribution is 7.10. The summed E-state index contributed by atoms with van der Waals surface area (Å²) in [6.45, 7) is 0. The lowest BCUT2D eigenvalue weighted by Crippen LogP contribution is -2.33. The molecule has 1 aromatic rings. The van der Waals surface area contributed by atoms with E-state index >= 15 is 0 Å². The second-order valence-electron chi connectivity index (χ2n) is 5.09. The SMILES string of the molecule is O=C1CC2(CCCCC2)Cc2sccc21. The molecule has 2 heteroatoms. The molecule has 0 radical (unpaired) electrons. The lowest BCUT2D eigenvalue weighted by molar-refractivity contribution is 0.0826. The van der Waals surface area contributed by atoms with Crippen LogP contribution < -0.4 is 0 Å². The fourth-order valence-electron chi connectivity index (χ4n) is 3.22. The second-order valence-corrected chi connectivity index (χ2v) is 6.10. The van der Waals surface area contributed by atoms with Gasteiger partial charge in [-0.2, -0.15) is 0 Å². The summed E-state index contributed by atoms with van der Waals surface area (Å²) in [5.41, 5.74) is 1.38. The molecular weight excluding hydrogens is 204 g/mol.